The van der Waals surface area contributed by atoms with E-state index < -0.39 is 11.6 Å². The maximum Gasteiger partial charge on any atom is 0.218 e. The lowest BCUT2D eigenvalue weighted by atomic mass is 10.0. The Morgan fingerprint density at radius 2 is 1.74 bits per heavy atom. The van der Waals surface area contributed by atoms with Crippen molar-refractivity contribution in [1.29, 1.82) is 0 Å². The molecule has 27 heavy (non-hydrogen) atoms. The Hall–Kier alpha value is -2.35. The van der Waals surface area contributed by atoms with Crippen LogP contribution in [0, 0.1) is 11.6 Å². The molecule has 2 fully saturated rings. The zero-order valence-electron chi connectivity index (χ0n) is 15.3. The monoisotopic (exact) mass is 375 g/mol. The quantitative estimate of drug-likeness (QED) is 0.774. The summed E-state index contributed by atoms with van der Waals surface area (Å²) in [5, 5.41) is 0. The van der Waals surface area contributed by atoms with Gasteiger partial charge in [0.05, 0.1) is 19.5 Å². The number of piperidine rings is 1. The number of nitrogens with zero attached hydrogens (tertiary/aromatic N) is 5. The molecule has 144 valence electrons. The Morgan fingerprint density at radius 3 is 2.37 bits per heavy atom. The molecule has 1 saturated carbocycles. The Labute approximate surface area is 157 Å². The summed E-state index contributed by atoms with van der Waals surface area (Å²) in [4.78, 5) is 16.6. The fourth-order valence-electron chi connectivity index (χ4n) is 3.78. The van der Waals surface area contributed by atoms with Gasteiger partial charge >= 0.3 is 0 Å². The number of pyridine rings is 1. The highest BCUT2D eigenvalue weighted by molar-refractivity contribution is 5.45. The van der Waals surface area contributed by atoms with Gasteiger partial charge in [-0.05, 0) is 25.7 Å². The van der Waals surface area contributed by atoms with Crippen LogP contribution in [0.3, 0.4) is 0 Å². The number of hydrogen-bond acceptors (Lipinski definition) is 6. The smallest absolute Gasteiger partial charge is 0.218 e. The van der Waals surface area contributed by atoms with Crippen molar-refractivity contribution in [3.63, 3.8) is 0 Å². The first-order valence-electron chi connectivity index (χ1n) is 9.30. The van der Waals surface area contributed by atoms with E-state index in [2.05, 4.69) is 24.8 Å². The van der Waals surface area contributed by atoms with Crippen LogP contribution in [-0.2, 0) is 6.54 Å². The molecule has 0 spiro atoms. The van der Waals surface area contributed by atoms with E-state index in [4.69, 9.17) is 4.74 Å². The predicted molar refractivity (Wildman–Crippen MR) is 96.5 cm³/mol. The lowest BCUT2D eigenvalue weighted by Crippen LogP contribution is -2.46. The van der Waals surface area contributed by atoms with Crippen molar-refractivity contribution in [2.75, 3.05) is 25.1 Å². The van der Waals surface area contributed by atoms with Crippen molar-refractivity contribution in [3.8, 4) is 5.88 Å². The summed E-state index contributed by atoms with van der Waals surface area (Å²) in [6, 6.07) is 2.75. The average Bonchev–Trinajstić information content (AvgIpc) is 3.51. The minimum Gasteiger partial charge on any atom is -0.481 e. The highest BCUT2D eigenvalue weighted by atomic mass is 19.1. The van der Waals surface area contributed by atoms with Crippen LogP contribution >= 0.6 is 0 Å². The van der Waals surface area contributed by atoms with E-state index >= 15 is 0 Å². The topological polar surface area (TPSA) is 54.4 Å². The first-order chi connectivity index (χ1) is 13.2. The van der Waals surface area contributed by atoms with E-state index in [1.54, 1.807) is 7.11 Å². The summed E-state index contributed by atoms with van der Waals surface area (Å²) in [6.45, 7) is 1.85. The summed E-state index contributed by atoms with van der Waals surface area (Å²) in [5.41, 5.74) is 0.100. The number of hydrogen-bond donors (Lipinski definition) is 0. The van der Waals surface area contributed by atoms with Crippen molar-refractivity contribution in [1.82, 2.24) is 19.9 Å². The van der Waals surface area contributed by atoms with E-state index in [0.717, 1.165) is 44.1 Å². The minimum atomic E-state index is -0.579. The van der Waals surface area contributed by atoms with Gasteiger partial charge in [0.15, 0.2) is 0 Å². The van der Waals surface area contributed by atoms with Crippen LogP contribution < -0.4 is 9.64 Å². The van der Waals surface area contributed by atoms with Crippen molar-refractivity contribution in [2.45, 2.75) is 44.3 Å². The molecule has 1 saturated heterocycles. The van der Waals surface area contributed by atoms with Gasteiger partial charge in [-0.2, -0.15) is 0 Å². The van der Waals surface area contributed by atoms with Gasteiger partial charge in [0, 0.05) is 43.3 Å². The highest BCUT2D eigenvalue weighted by Gasteiger charge is 2.36. The molecule has 2 aliphatic rings. The Balaban J connectivity index is 1.43. The molecule has 8 heteroatoms. The van der Waals surface area contributed by atoms with Crippen molar-refractivity contribution >= 4 is 5.82 Å². The molecule has 3 heterocycles. The van der Waals surface area contributed by atoms with Gasteiger partial charge in [-0.1, -0.05) is 0 Å². The summed E-state index contributed by atoms with van der Waals surface area (Å²) in [7, 11) is 1.60. The lowest BCUT2D eigenvalue weighted by molar-refractivity contribution is 0.195. The third kappa shape index (κ3) is 4.00. The summed E-state index contributed by atoms with van der Waals surface area (Å²) >= 11 is 0. The van der Waals surface area contributed by atoms with Crippen LogP contribution in [0.15, 0.2) is 24.8 Å². The summed E-state index contributed by atoms with van der Waals surface area (Å²) < 4.78 is 32.9. The Kier molecular flexibility index (Phi) is 5.15. The summed E-state index contributed by atoms with van der Waals surface area (Å²) in [5.74, 6) is 0.301. The molecule has 0 amide bonds. The van der Waals surface area contributed by atoms with Gasteiger partial charge in [-0.25, -0.2) is 18.7 Å². The molecule has 1 aliphatic heterocycles. The normalized spacial score (nSPS) is 18.5. The number of aromatic nitrogens is 3. The van der Waals surface area contributed by atoms with Crippen LogP contribution in [0.25, 0.3) is 0 Å². The van der Waals surface area contributed by atoms with Gasteiger partial charge in [0.1, 0.15) is 23.8 Å². The molecular formula is C19H23F2N5O. The highest BCUT2D eigenvalue weighted by Crippen LogP contribution is 2.36. The van der Waals surface area contributed by atoms with E-state index in [0.29, 0.717) is 18.0 Å². The van der Waals surface area contributed by atoms with Crippen LogP contribution in [0.2, 0.25) is 0 Å². The number of ether oxygens (including phenoxy) is 1. The molecule has 1 aliphatic carbocycles. The molecular weight excluding hydrogens is 352 g/mol. The molecule has 0 bridgehead atoms. The molecule has 0 aromatic carbocycles. The Bertz CT molecular complexity index is 773. The van der Waals surface area contributed by atoms with Crippen LogP contribution in [0.5, 0.6) is 5.88 Å². The maximum absolute atomic E-state index is 13.9. The second-order valence-electron chi connectivity index (χ2n) is 7.15. The zero-order valence-corrected chi connectivity index (χ0v) is 15.3. The SMILES string of the molecule is COc1cc(N(C2CC2)C2CCN(Cc3c(F)cncc3F)CC2)ncn1. The minimum absolute atomic E-state index is 0.100. The Morgan fingerprint density at radius 1 is 1.07 bits per heavy atom. The van der Waals surface area contributed by atoms with Crippen molar-refractivity contribution in [3.05, 3.63) is 42.0 Å². The van der Waals surface area contributed by atoms with Crippen molar-refractivity contribution in [2.24, 2.45) is 0 Å². The molecule has 2 aromatic heterocycles. The number of likely N-dealkylation sites (tertiary alicyclic amines) is 1. The fourth-order valence-corrected chi connectivity index (χ4v) is 3.78. The third-order valence-corrected chi connectivity index (χ3v) is 5.33. The molecule has 0 atom stereocenters. The van der Waals surface area contributed by atoms with Crippen molar-refractivity contribution < 1.29 is 13.5 Å². The number of halogens is 2. The first kappa shape index (κ1) is 18.0. The van der Waals surface area contributed by atoms with Gasteiger partial charge in [0.25, 0.3) is 0 Å². The van der Waals surface area contributed by atoms with E-state index in [-0.39, 0.29) is 12.1 Å². The van der Waals surface area contributed by atoms with Gasteiger partial charge in [-0.15, -0.1) is 0 Å². The first-order valence-corrected chi connectivity index (χ1v) is 9.30. The molecule has 0 N–H and O–H groups in total. The number of methoxy groups -OCH3 is 1. The standard InChI is InChI=1S/C19H23F2N5O/c1-27-19-8-18(23-12-24-19)26(13-2-3-13)14-4-6-25(7-5-14)11-15-16(20)9-22-10-17(15)21/h8-10,12-14H,2-7,11H2,1H3. The molecule has 0 unspecified atom stereocenters. The second-order valence-corrected chi connectivity index (χ2v) is 7.15. The van der Waals surface area contributed by atoms with E-state index in [1.807, 2.05) is 6.07 Å². The lowest BCUT2D eigenvalue weighted by Gasteiger charge is -2.39. The largest absolute Gasteiger partial charge is 0.481 e. The van der Waals surface area contributed by atoms with Gasteiger partial charge < -0.3 is 9.64 Å². The maximum atomic E-state index is 13.9. The molecule has 6 nitrogen and oxygen atoms in total. The molecule has 0 radical (unpaired) electrons. The molecule has 4 rings (SSSR count). The number of anilines is 1. The van der Waals surface area contributed by atoms with Crippen LogP contribution in [0.4, 0.5) is 14.6 Å². The van der Waals surface area contributed by atoms with Gasteiger partial charge in [-0.3, -0.25) is 9.88 Å². The molecule has 2 aromatic rings. The summed E-state index contributed by atoms with van der Waals surface area (Å²) in [6.07, 6.45) is 7.87. The van der Waals surface area contributed by atoms with Gasteiger partial charge in [0.2, 0.25) is 5.88 Å². The number of rotatable bonds is 6. The third-order valence-electron chi connectivity index (χ3n) is 5.33. The van der Waals surface area contributed by atoms with E-state index in [9.17, 15) is 8.78 Å². The average molecular weight is 375 g/mol. The van der Waals surface area contributed by atoms with Crippen LogP contribution in [-0.4, -0.2) is 52.1 Å². The fraction of sp³-hybridized carbons (Fsp3) is 0.526. The predicted octanol–water partition coefficient (Wildman–Crippen LogP) is 2.79. The second kappa shape index (κ2) is 7.72. The van der Waals surface area contributed by atoms with Crippen LogP contribution in [0.1, 0.15) is 31.2 Å². The zero-order chi connectivity index (χ0) is 18.8. The van der Waals surface area contributed by atoms with E-state index in [1.165, 1.54) is 19.2 Å².